The van der Waals surface area contributed by atoms with Gasteiger partial charge in [-0.15, -0.1) is 0 Å². The number of rotatable bonds is 4. The number of aryl methyl sites for hydroxylation is 2. The largest absolute Gasteiger partial charge is 0.508 e. The summed E-state index contributed by atoms with van der Waals surface area (Å²) < 4.78 is 0. The molecule has 2 N–H and O–H groups in total. The third kappa shape index (κ3) is 3.36. The van der Waals surface area contributed by atoms with Crippen LogP contribution in [0.5, 0.6) is 5.75 Å². The number of carbonyl (C=O) groups excluding carboxylic acids is 2. The number of benzene rings is 3. The minimum absolute atomic E-state index is 0.102. The van der Waals surface area contributed by atoms with Gasteiger partial charge in [-0.25, -0.2) is 0 Å². The van der Waals surface area contributed by atoms with Crippen LogP contribution < -0.4 is 5.32 Å². The van der Waals surface area contributed by atoms with Crippen molar-refractivity contribution in [1.29, 1.82) is 0 Å². The third-order valence-electron chi connectivity index (χ3n) is 5.37. The molecule has 1 unspecified atom stereocenters. The fraction of sp³-hybridized carbons (Fsp3) is 0.167. The lowest BCUT2D eigenvalue weighted by Gasteiger charge is -2.25. The van der Waals surface area contributed by atoms with Crippen LogP contribution in [-0.4, -0.2) is 21.8 Å². The molecule has 0 saturated heterocycles. The van der Waals surface area contributed by atoms with Crippen LogP contribution in [0.1, 0.15) is 38.7 Å². The van der Waals surface area contributed by atoms with Gasteiger partial charge in [0.2, 0.25) is 0 Å². The lowest BCUT2D eigenvalue weighted by molar-refractivity contribution is -0.120. The summed E-state index contributed by atoms with van der Waals surface area (Å²) in [6, 6.07) is 19.1. The summed E-state index contributed by atoms with van der Waals surface area (Å²) in [7, 11) is 0. The molecule has 1 aliphatic heterocycles. The highest BCUT2D eigenvalue weighted by Gasteiger charge is 2.41. The van der Waals surface area contributed by atoms with Gasteiger partial charge >= 0.3 is 0 Å². The number of hydrogen-bond acceptors (Lipinski definition) is 3. The molecule has 0 aromatic heterocycles. The zero-order chi connectivity index (χ0) is 20.5. The molecule has 4 rings (SSSR count). The molecule has 1 aliphatic rings. The number of nitrogens with zero attached hydrogens (tertiary/aromatic N) is 1. The van der Waals surface area contributed by atoms with E-state index in [4.69, 9.17) is 0 Å². The number of anilines is 1. The molecule has 29 heavy (non-hydrogen) atoms. The number of para-hydroxylation sites is 2. The Hall–Kier alpha value is -3.60. The molecular formula is C24H22N2O3. The molecule has 0 radical (unpaired) electrons. The monoisotopic (exact) mass is 386 g/mol. The number of phenolic OH excluding ortho intramolecular Hbond substituents is 1. The number of phenols is 1. The lowest BCUT2D eigenvalue weighted by Crippen LogP contribution is -2.35. The van der Waals surface area contributed by atoms with Gasteiger partial charge in [-0.05, 0) is 42.7 Å². The summed E-state index contributed by atoms with van der Waals surface area (Å²) in [4.78, 5) is 27.9. The zero-order valence-electron chi connectivity index (χ0n) is 16.3. The van der Waals surface area contributed by atoms with Crippen molar-refractivity contribution in [3.8, 4) is 5.75 Å². The topological polar surface area (TPSA) is 69.6 Å². The highest BCUT2D eigenvalue weighted by atomic mass is 16.3. The van der Waals surface area contributed by atoms with Gasteiger partial charge in [0.15, 0.2) is 0 Å². The molecular weight excluding hydrogens is 364 g/mol. The first kappa shape index (κ1) is 18.7. The van der Waals surface area contributed by atoms with Gasteiger partial charge in [0, 0.05) is 16.8 Å². The molecule has 0 spiro atoms. The lowest BCUT2D eigenvalue weighted by atomic mass is 10.0. The van der Waals surface area contributed by atoms with E-state index >= 15 is 0 Å². The summed E-state index contributed by atoms with van der Waals surface area (Å²) in [5.41, 5.74) is 4.48. The maximum Gasteiger partial charge on any atom is 0.255 e. The average molecular weight is 386 g/mol. The van der Waals surface area contributed by atoms with Crippen molar-refractivity contribution in [2.24, 2.45) is 0 Å². The molecule has 146 valence electrons. The number of fused-ring (bicyclic) bond motifs is 1. The summed E-state index contributed by atoms with van der Waals surface area (Å²) in [5.74, 6) is -0.383. The smallest absolute Gasteiger partial charge is 0.255 e. The Bertz CT molecular complexity index is 1090. The first-order valence-corrected chi connectivity index (χ1v) is 9.51. The van der Waals surface area contributed by atoms with Crippen LogP contribution in [0.15, 0.2) is 66.7 Å². The van der Waals surface area contributed by atoms with Crippen LogP contribution in [-0.2, 0) is 11.3 Å². The zero-order valence-corrected chi connectivity index (χ0v) is 16.3. The van der Waals surface area contributed by atoms with E-state index in [-0.39, 0.29) is 24.1 Å². The molecule has 5 nitrogen and oxygen atoms in total. The fourth-order valence-electron chi connectivity index (χ4n) is 3.85. The molecule has 1 heterocycles. The van der Waals surface area contributed by atoms with Gasteiger partial charge < -0.3 is 15.3 Å². The highest BCUT2D eigenvalue weighted by Crippen LogP contribution is 2.37. The Kier molecular flexibility index (Phi) is 4.80. The van der Waals surface area contributed by atoms with Crippen molar-refractivity contribution in [1.82, 2.24) is 4.90 Å². The van der Waals surface area contributed by atoms with Crippen molar-refractivity contribution in [2.45, 2.75) is 26.4 Å². The number of carbonyl (C=O) groups is 2. The standard InChI is InChI=1S/C24H22N2O3/c1-15-8-7-9-16(2)21(15)25-23(28)22-18-11-4-5-12-19(18)24(29)26(22)14-17-10-3-6-13-20(17)27/h3-13,22,27H,14H2,1-2H3,(H,25,28). The minimum atomic E-state index is -0.766. The maximum absolute atomic E-state index is 13.3. The average Bonchev–Trinajstić information content (AvgIpc) is 2.99. The van der Waals surface area contributed by atoms with Gasteiger partial charge in [-0.3, -0.25) is 9.59 Å². The maximum atomic E-state index is 13.3. The second kappa shape index (κ2) is 7.43. The van der Waals surface area contributed by atoms with E-state index in [2.05, 4.69) is 5.32 Å². The second-order valence-corrected chi connectivity index (χ2v) is 7.31. The second-order valence-electron chi connectivity index (χ2n) is 7.31. The van der Waals surface area contributed by atoms with Gasteiger partial charge in [0.05, 0.1) is 6.54 Å². The first-order valence-electron chi connectivity index (χ1n) is 9.51. The molecule has 2 amide bonds. The van der Waals surface area contributed by atoms with Crippen LogP contribution in [0, 0.1) is 13.8 Å². The summed E-state index contributed by atoms with van der Waals surface area (Å²) in [5, 5.41) is 13.2. The molecule has 0 fully saturated rings. The van der Waals surface area contributed by atoms with Crippen molar-refractivity contribution < 1.29 is 14.7 Å². The number of amides is 2. The first-order chi connectivity index (χ1) is 14.0. The van der Waals surface area contributed by atoms with Gasteiger partial charge in [0.1, 0.15) is 11.8 Å². The van der Waals surface area contributed by atoms with Gasteiger partial charge in [-0.2, -0.15) is 0 Å². The third-order valence-corrected chi connectivity index (χ3v) is 5.37. The molecule has 3 aromatic carbocycles. The molecule has 1 atom stereocenters. The van der Waals surface area contributed by atoms with Crippen molar-refractivity contribution in [3.05, 3.63) is 94.5 Å². The summed E-state index contributed by atoms with van der Waals surface area (Å²) in [6.07, 6.45) is 0. The predicted molar refractivity (Wildman–Crippen MR) is 112 cm³/mol. The molecule has 0 bridgehead atoms. The van der Waals surface area contributed by atoms with E-state index in [1.54, 1.807) is 36.4 Å². The Labute approximate surface area is 169 Å². The molecule has 3 aromatic rings. The van der Waals surface area contributed by atoms with E-state index in [0.29, 0.717) is 16.7 Å². The van der Waals surface area contributed by atoms with Gasteiger partial charge in [0.25, 0.3) is 11.8 Å². The number of nitrogens with one attached hydrogen (secondary N) is 1. The molecule has 5 heteroatoms. The molecule has 0 aliphatic carbocycles. The number of hydrogen-bond donors (Lipinski definition) is 2. The molecule has 0 saturated carbocycles. The van der Waals surface area contributed by atoms with Crippen LogP contribution >= 0.6 is 0 Å². The Morgan fingerprint density at radius 2 is 1.62 bits per heavy atom. The number of aromatic hydroxyl groups is 1. The minimum Gasteiger partial charge on any atom is -0.508 e. The predicted octanol–water partition coefficient (Wildman–Crippen LogP) is 4.34. The van der Waals surface area contributed by atoms with Crippen LogP contribution in [0.25, 0.3) is 0 Å². The van der Waals surface area contributed by atoms with Gasteiger partial charge in [-0.1, -0.05) is 54.6 Å². The Balaban J connectivity index is 1.72. The Morgan fingerprint density at radius 3 is 2.34 bits per heavy atom. The highest BCUT2D eigenvalue weighted by molar-refractivity contribution is 6.08. The van der Waals surface area contributed by atoms with E-state index in [9.17, 15) is 14.7 Å². The van der Waals surface area contributed by atoms with E-state index < -0.39 is 6.04 Å². The fourth-order valence-corrected chi connectivity index (χ4v) is 3.85. The van der Waals surface area contributed by atoms with Crippen molar-refractivity contribution >= 4 is 17.5 Å². The van der Waals surface area contributed by atoms with Crippen LogP contribution in [0.2, 0.25) is 0 Å². The SMILES string of the molecule is Cc1cccc(C)c1NC(=O)C1c2ccccc2C(=O)N1Cc1ccccc1O. The Morgan fingerprint density at radius 1 is 0.966 bits per heavy atom. The van der Waals surface area contributed by atoms with Crippen molar-refractivity contribution in [2.75, 3.05) is 5.32 Å². The van der Waals surface area contributed by atoms with E-state index in [0.717, 1.165) is 16.8 Å². The van der Waals surface area contributed by atoms with E-state index in [1.807, 2.05) is 44.2 Å². The normalized spacial score (nSPS) is 15.3. The van der Waals surface area contributed by atoms with Crippen LogP contribution in [0.3, 0.4) is 0 Å². The summed E-state index contributed by atoms with van der Waals surface area (Å²) >= 11 is 0. The van der Waals surface area contributed by atoms with Crippen molar-refractivity contribution in [3.63, 3.8) is 0 Å². The quantitative estimate of drug-likeness (QED) is 0.701. The van der Waals surface area contributed by atoms with E-state index in [1.165, 1.54) is 4.90 Å². The summed E-state index contributed by atoms with van der Waals surface area (Å²) in [6.45, 7) is 4.03. The van der Waals surface area contributed by atoms with Crippen LogP contribution in [0.4, 0.5) is 5.69 Å².